The maximum atomic E-state index is 13.2. The Morgan fingerprint density at radius 1 is 1.50 bits per heavy atom. The van der Waals surface area contributed by atoms with Crippen LogP contribution in [0.15, 0.2) is 18.2 Å². The van der Waals surface area contributed by atoms with Crippen molar-refractivity contribution in [1.29, 1.82) is 5.26 Å². The molecule has 2 rings (SSSR count). The molecule has 0 atom stereocenters. The van der Waals surface area contributed by atoms with E-state index in [1.165, 1.54) is 6.07 Å². The second kappa shape index (κ2) is 5.59. The van der Waals surface area contributed by atoms with Gasteiger partial charge in [-0.15, -0.1) is 0 Å². The number of rotatable bonds is 3. The lowest BCUT2D eigenvalue weighted by molar-refractivity contribution is -0.150. The van der Waals surface area contributed by atoms with E-state index in [9.17, 15) is 14.3 Å². The van der Waals surface area contributed by atoms with Gasteiger partial charge in [-0.05, 0) is 50.6 Å². The zero-order valence-electron chi connectivity index (χ0n) is 11.4. The molecule has 1 N–H and O–H groups in total. The molecule has 4 nitrogen and oxygen atoms in total. The van der Waals surface area contributed by atoms with Crippen molar-refractivity contribution in [3.8, 4) is 6.07 Å². The van der Waals surface area contributed by atoms with Gasteiger partial charge in [-0.25, -0.2) is 4.39 Å². The minimum atomic E-state index is -0.745. The highest BCUT2D eigenvalue weighted by Gasteiger charge is 2.36. The quantitative estimate of drug-likeness (QED) is 0.920. The lowest BCUT2D eigenvalue weighted by Crippen LogP contribution is -2.42. The van der Waals surface area contributed by atoms with E-state index in [2.05, 4.69) is 4.90 Å². The molecule has 1 fully saturated rings. The monoisotopic (exact) mass is 276 g/mol. The Kier molecular flexibility index (Phi) is 4.05. The topological polar surface area (TPSA) is 64.3 Å². The molecule has 5 heteroatoms. The third kappa shape index (κ3) is 2.97. The molecule has 0 saturated carbocycles. The lowest BCUT2D eigenvalue weighted by atomic mass is 9.80. The van der Waals surface area contributed by atoms with Gasteiger partial charge < -0.3 is 5.11 Å². The van der Waals surface area contributed by atoms with E-state index >= 15 is 0 Å². The molecule has 1 aromatic rings. The van der Waals surface area contributed by atoms with Crippen LogP contribution in [0, 0.1) is 22.6 Å². The Labute approximate surface area is 117 Å². The molecule has 106 valence electrons. The van der Waals surface area contributed by atoms with Gasteiger partial charge in [0.25, 0.3) is 0 Å². The minimum absolute atomic E-state index is 0.0508. The highest BCUT2D eigenvalue weighted by molar-refractivity contribution is 5.74. The number of aliphatic carboxylic acids is 1. The average molecular weight is 276 g/mol. The largest absolute Gasteiger partial charge is 0.481 e. The summed E-state index contributed by atoms with van der Waals surface area (Å²) in [7, 11) is 0. The van der Waals surface area contributed by atoms with Gasteiger partial charge in [0.15, 0.2) is 0 Å². The molecule has 1 heterocycles. The van der Waals surface area contributed by atoms with E-state index in [0.717, 1.165) is 5.56 Å². The first-order valence-electron chi connectivity index (χ1n) is 6.59. The van der Waals surface area contributed by atoms with Crippen LogP contribution in [0.3, 0.4) is 0 Å². The second-order valence-corrected chi connectivity index (χ2v) is 5.57. The number of hydrogen-bond donors (Lipinski definition) is 1. The molecule has 1 saturated heterocycles. The Morgan fingerprint density at radius 2 is 2.15 bits per heavy atom. The van der Waals surface area contributed by atoms with Crippen molar-refractivity contribution in [3.05, 3.63) is 35.1 Å². The first-order valence-corrected chi connectivity index (χ1v) is 6.59. The van der Waals surface area contributed by atoms with E-state index < -0.39 is 17.2 Å². The third-order valence-corrected chi connectivity index (χ3v) is 4.03. The number of carboxylic acid groups (broad SMARTS) is 1. The molecule has 20 heavy (non-hydrogen) atoms. The van der Waals surface area contributed by atoms with Gasteiger partial charge in [-0.2, -0.15) is 5.26 Å². The van der Waals surface area contributed by atoms with Crippen LogP contribution in [0.2, 0.25) is 0 Å². The molecular weight excluding hydrogens is 259 g/mol. The molecule has 1 aromatic carbocycles. The van der Waals surface area contributed by atoms with Crippen LogP contribution in [0.1, 0.15) is 30.9 Å². The SMILES string of the molecule is CC1(C(=O)O)CCN(Cc2ccc(F)c(C#N)c2)CC1. The van der Waals surface area contributed by atoms with E-state index in [1.807, 2.05) is 6.07 Å². The molecule has 0 unspecified atom stereocenters. The van der Waals surface area contributed by atoms with Crippen LogP contribution >= 0.6 is 0 Å². The molecule has 0 bridgehead atoms. The second-order valence-electron chi connectivity index (χ2n) is 5.57. The molecule has 0 aliphatic carbocycles. The van der Waals surface area contributed by atoms with Gasteiger partial charge >= 0.3 is 5.97 Å². The van der Waals surface area contributed by atoms with Crippen LogP contribution in [-0.2, 0) is 11.3 Å². The Hall–Kier alpha value is -1.93. The Balaban J connectivity index is 2.00. The van der Waals surface area contributed by atoms with Gasteiger partial charge in [-0.3, -0.25) is 9.69 Å². The van der Waals surface area contributed by atoms with Crippen LogP contribution < -0.4 is 0 Å². The minimum Gasteiger partial charge on any atom is -0.481 e. The number of halogens is 1. The standard InChI is InChI=1S/C15H17FN2O2/c1-15(14(19)20)4-6-18(7-5-15)10-11-2-3-13(16)12(8-11)9-17/h2-3,8H,4-7,10H2,1H3,(H,19,20). The van der Waals surface area contributed by atoms with Gasteiger partial charge in [-0.1, -0.05) is 6.07 Å². The van der Waals surface area contributed by atoms with Gasteiger partial charge in [0, 0.05) is 6.54 Å². The summed E-state index contributed by atoms with van der Waals surface area (Å²) in [6.07, 6.45) is 1.21. The zero-order chi connectivity index (χ0) is 14.8. The van der Waals surface area contributed by atoms with Crippen molar-refractivity contribution in [2.45, 2.75) is 26.3 Å². The maximum absolute atomic E-state index is 13.2. The summed E-state index contributed by atoms with van der Waals surface area (Å²) < 4.78 is 13.2. The predicted molar refractivity (Wildman–Crippen MR) is 71.4 cm³/mol. The molecule has 0 amide bonds. The number of likely N-dealkylation sites (tertiary alicyclic amines) is 1. The molecule has 0 aromatic heterocycles. The van der Waals surface area contributed by atoms with Crippen molar-refractivity contribution in [2.24, 2.45) is 5.41 Å². The van der Waals surface area contributed by atoms with Crippen molar-refractivity contribution < 1.29 is 14.3 Å². The summed E-state index contributed by atoms with van der Waals surface area (Å²) in [5.74, 6) is -1.25. The number of piperidine rings is 1. The normalized spacial score (nSPS) is 18.4. The first-order chi connectivity index (χ1) is 9.44. The van der Waals surface area contributed by atoms with Gasteiger partial charge in [0.05, 0.1) is 11.0 Å². The number of nitriles is 1. The molecule has 1 aliphatic rings. The molecule has 0 spiro atoms. The zero-order valence-corrected chi connectivity index (χ0v) is 11.4. The Morgan fingerprint density at radius 3 is 2.70 bits per heavy atom. The van der Waals surface area contributed by atoms with Crippen LogP contribution in [-0.4, -0.2) is 29.1 Å². The summed E-state index contributed by atoms with van der Waals surface area (Å²) in [5, 5.41) is 18.0. The number of benzene rings is 1. The smallest absolute Gasteiger partial charge is 0.309 e. The van der Waals surface area contributed by atoms with E-state index in [-0.39, 0.29) is 5.56 Å². The summed E-state index contributed by atoms with van der Waals surface area (Å²) >= 11 is 0. The van der Waals surface area contributed by atoms with Crippen molar-refractivity contribution in [2.75, 3.05) is 13.1 Å². The van der Waals surface area contributed by atoms with E-state index in [0.29, 0.717) is 32.5 Å². The fourth-order valence-corrected chi connectivity index (χ4v) is 2.43. The average Bonchev–Trinajstić information content (AvgIpc) is 2.43. The highest BCUT2D eigenvalue weighted by Crippen LogP contribution is 2.31. The Bertz CT molecular complexity index is 557. The van der Waals surface area contributed by atoms with Gasteiger partial charge in [0.2, 0.25) is 0 Å². The van der Waals surface area contributed by atoms with Crippen molar-refractivity contribution >= 4 is 5.97 Å². The molecular formula is C15H17FN2O2. The van der Waals surface area contributed by atoms with Crippen LogP contribution in [0.25, 0.3) is 0 Å². The summed E-state index contributed by atoms with van der Waals surface area (Å²) in [6.45, 7) is 3.78. The number of nitrogens with zero attached hydrogens (tertiary/aromatic N) is 2. The third-order valence-electron chi connectivity index (χ3n) is 4.03. The molecule has 0 radical (unpaired) electrons. The highest BCUT2D eigenvalue weighted by atomic mass is 19.1. The summed E-state index contributed by atoms with van der Waals surface area (Å²) in [5.41, 5.74) is 0.286. The van der Waals surface area contributed by atoms with E-state index in [4.69, 9.17) is 5.26 Å². The number of carboxylic acids is 1. The summed E-state index contributed by atoms with van der Waals surface area (Å²) in [4.78, 5) is 13.3. The molecule has 1 aliphatic heterocycles. The number of hydrogen-bond acceptors (Lipinski definition) is 3. The predicted octanol–water partition coefficient (Wildman–Crippen LogP) is 2.38. The first kappa shape index (κ1) is 14.5. The van der Waals surface area contributed by atoms with Crippen molar-refractivity contribution in [3.63, 3.8) is 0 Å². The summed E-state index contributed by atoms with van der Waals surface area (Å²) in [6, 6.07) is 6.36. The van der Waals surface area contributed by atoms with Crippen molar-refractivity contribution in [1.82, 2.24) is 4.90 Å². The van der Waals surface area contributed by atoms with Gasteiger partial charge in [0.1, 0.15) is 11.9 Å². The fourth-order valence-electron chi connectivity index (χ4n) is 2.43. The van der Waals surface area contributed by atoms with Crippen LogP contribution in [0.5, 0.6) is 0 Å². The van der Waals surface area contributed by atoms with Crippen LogP contribution in [0.4, 0.5) is 4.39 Å². The number of carbonyl (C=O) groups is 1. The lowest BCUT2D eigenvalue weighted by Gasteiger charge is -2.36. The maximum Gasteiger partial charge on any atom is 0.309 e. The van der Waals surface area contributed by atoms with E-state index in [1.54, 1.807) is 19.1 Å². The fraction of sp³-hybridized carbons (Fsp3) is 0.467.